The van der Waals surface area contributed by atoms with Crippen molar-refractivity contribution in [3.05, 3.63) is 52.9 Å². The van der Waals surface area contributed by atoms with Gasteiger partial charge < -0.3 is 19.3 Å². The summed E-state index contributed by atoms with van der Waals surface area (Å²) >= 11 is 1.89. The van der Waals surface area contributed by atoms with Crippen molar-refractivity contribution in [1.82, 2.24) is 4.90 Å². The highest BCUT2D eigenvalue weighted by atomic mass is 32.1. The van der Waals surface area contributed by atoms with Crippen molar-refractivity contribution in [3.63, 3.8) is 0 Å². The molecule has 1 saturated heterocycles. The molecule has 0 radical (unpaired) electrons. The van der Waals surface area contributed by atoms with Crippen LogP contribution in [-0.4, -0.2) is 54.6 Å². The van der Waals surface area contributed by atoms with Crippen LogP contribution in [0.5, 0.6) is 17.2 Å². The summed E-state index contributed by atoms with van der Waals surface area (Å²) in [5.74, 6) is 3.06. The molecule has 0 amide bonds. The first-order valence-electron chi connectivity index (χ1n) is 12.3. The van der Waals surface area contributed by atoms with Gasteiger partial charge >= 0.3 is 0 Å². The molecule has 0 spiro atoms. The van der Waals surface area contributed by atoms with E-state index in [4.69, 9.17) is 14.2 Å². The minimum atomic E-state index is -0.544. The van der Waals surface area contributed by atoms with Gasteiger partial charge in [-0.3, -0.25) is 4.90 Å². The molecule has 3 heterocycles. The van der Waals surface area contributed by atoms with Crippen LogP contribution in [0.1, 0.15) is 50.0 Å². The molecule has 182 valence electrons. The Bertz CT molecular complexity index is 1160. The number of methoxy groups -OCH3 is 1. The van der Waals surface area contributed by atoms with E-state index >= 15 is 0 Å². The summed E-state index contributed by atoms with van der Waals surface area (Å²) in [5, 5.41) is 12.0. The number of hydrogen-bond donors (Lipinski definition) is 1. The number of fused-ring (bicyclic) bond motifs is 2. The average Bonchev–Trinajstić information content (AvgIpc) is 3.38. The van der Waals surface area contributed by atoms with Gasteiger partial charge in [0.25, 0.3) is 0 Å². The number of likely N-dealkylation sites (tertiary alicyclic amines) is 1. The lowest BCUT2D eigenvalue weighted by atomic mass is 9.90. The van der Waals surface area contributed by atoms with E-state index in [9.17, 15) is 5.11 Å². The lowest BCUT2D eigenvalue weighted by Crippen LogP contribution is -2.45. The fourth-order valence-corrected chi connectivity index (χ4v) is 6.62. The van der Waals surface area contributed by atoms with Gasteiger partial charge in [-0.2, -0.15) is 0 Å². The Morgan fingerprint density at radius 1 is 1.21 bits per heavy atom. The maximum absolute atomic E-state index is 10.7. The number of β-amino-alcohol motifs (C(OH)–C–C–N with tert-alkyl or cyclic N) is 1. The fourth-order valence-electron chi connectivity index (χ4n) is 5.39. The number of piperidine rings is 1. The Balaban J connectivity index is 1.16. The molecule has 0 bridgehead atoms. The Morgan fingerprint density at radius 2 is 2.00 bits per heavy atom. The van der Waals surface area contributed by atoms with Gasteiger partial charge in [-0.05, 0) is 70.3 Å². The molecular formula is C28H35NO4S. The van der Waals surface area contributed by atoms with Crippen LogP contribution in [0.3, 0.4) is 0 Å². The molecule has 2 aliphatic heterocycles. The molecule has 34 heavy (non-hydrogen) atoms. The Kier molecular flexibility index (Phi) is 6.49. The first-order valence-corrected chi connectivity index (χ1v) is 13.1. The van der Waals surface area contributed by atoms with Crippen molar-refractivity contribution in [1.29, 1.82) is 0 Å². The largest absolute Gasteiger partial charge is 0.496 e. The Labute approximate surface area is 206 Å². The van der Waals surface area contributed by atoms with Crippen LogP contribution >= 0.6 is 11.3 Å². The SMILES string of the molecule is COc1cccc2sc([C@H]3CCN(C[C@H](O)COc4cccc5c4OC(C)(C)C5)[C@@H](C)C3)cc12. The fraction of sp³-hybridized carbons (Fsp3) is 0.500. The number of thiophene rings is 1. The molecule has 2 aromatic carbocycles. The minimum Gasteiger partial charge on any atom is -0.496 e. The predicted octanol–water partition coefficient (Wildman–Crippen LogP) is 5.63. The van der Waals surface area contributed by atoms with E-state index in [1.165, 1.54) is 20.5 Å². The molecule has 2 aliphatic rings. The van der Waals surface area contributed by atoms with Gasteiger partial charge in [-0.15, -0.1) is 11.3 Å². The predicted molar refractivity (Wildman–Crippen MR) is 138 cm³/mol. The van der Waals surface area contributed by atoms with Gasteiger partial charge in [0.2, 0.25) is 0 Å². The summed E-state index contributed by atoms with van der Waals surface area (Å²) in [6.07, 6.45) is 2.53. The van der Waals surface area contributed by atoms with E-state index in [2.05, 4.69) is 49.9 Å². The zero-order valence-electron chi connectivity index (χ0n) is 20.5. The zero-order chi connectivity index (χ0) is 23.9. The molecule has 0 saturated carbocycles. The molecule has 3 aromatic rings. The van der Waals surface area contributed by atoms with Crippen molar-refractivity contribution in [2.75, 3.05) is 26.8 Å². The number of para-hydroxylation sites is 1. The summed E-state index contributed by atoms with van der Waals surface area (Å²) < 4.78 is 18.9. The summed E-state index contributed by atoms with van der Waals surface area (Å²) in [7, 11) is 1.74. The first kappa shape index (κ1) is 23.5. The maximum atomic E-state index is 10.7. The summed E-state index contributed by atoms with van der Waals surface area (Å²) in [6, 6.07) is 15.0. The van der Waals surface area contributed by atoms with Crippen LogP contribution in [0.25, 0.3) is 10.1 Å². The van der Waals surface area contributed by atoms with Crippen molar-refractivity contribution in [2.24, 2.45) is 0 Å². The second-order valence-electron chi connectivity index (χ2n) is 10.3. The molecule has 1 N–H and O–H groups in total. The highest BCUT2D eigenvalue weighted by Crippen LogP contribution is 2.42. The van der Waals surface area contributed by atoms with Gasteiger partial charge in [-0.1, -0.05) is 18.2 Å². The number of nitrogens with zero attached hydrogens (tertiary/aromatic N) is 1. The third kappa shape index (κ3) is 4.77. The van der Waals surface area contributed by atoms with Crippen LogP contribution < -0.4 is 14.2 Å². The lowest BCUT2D eigenvalue weighted by Gasteiger charge is -2.38. The van der Waals surface area contributed by atoms with Crippen molar-refractivity contribution in [3.8, 4) is 17.2 Å². The topological polar surface area (TPSA) is 51.2 Å². The number of aliphatic hydroxyl groups is 1. The van der Waals surface area contributed by atoms with E-state index in [-0.39, 0.29) is 12.2 Å². The Morgan fingerprint density at radius 3 is 2.79 bits per heavy atom. The number of aliphatic hydroxyl groups excluding tert-OH is 1. The normalized spacial score (nSPS) is 22.9. The van der Waals surface area contributed by atoms with Crippen LogP contribution in [0.4, 0.5) is 0 Å². The van der Waals surface area contributed by atoms with Crippen molar-refractivity contribution >= 4 is 21.4 Å². The molecule has 1 fully saturated rings. The molecule has 1 aromatic heterocycles. The standard InChI is InChI=1S/C28H35NO4S/c1-18-13-19(26-14-22-23(31-4)8-6-10-25(22)34-26)11-12-29(18)16-21(30)17-32-24-9-5-7-20-15-28(2,3)33-27(20)24/h5-10,14,18-19,21,30H,11-13,15-17H2,1-4H3/t18-,19-,21-/m0/s1. The highest BCUT2D eigenvalue weighted by molar-refractivity contribution is 7.19. The quantitative estimate of drug-likeness (QED) is 0.474. The monoisotopic (exact) mass is 481 g/mol. The van der Waals surface area contributed by atoms with E-state index in [1.54, 1.807) is 7.11 Å². The van der Waals surface area contributed by atoms with Crippen LogP contribution in [-0.2, 0) is 6.42 Å². The van der Waals surface area contributed by atoms with E-state index in [0.717, 1.165) is 43.1 Å². The molecule has 5 nitrogen and oxygen atoms in total. The van der Waals surface area contributed by atoms with Gasteiger partial charge in [-0.25, -0.2) is 0 Å². The molecule has 0 aliphatic carbocycles. The highest BCUT2D eigenvalue weighted by Gasteiger charge is 2.33. The van der Waals surface area contributed by atoms with E-state index < -0.39 is 6.10 Å². The first-order chi connectivity index (χ1) is 16.3. The summed E-state index contributed by atoms with van der Waals surface area (Å²) in [4.78, 5) is 3.84. The van der Waals surface area contributed by atoms with Crippen LogP contribution in [0, 0.1) is 0 Å². The number of rotatable bonds is 7. The lowest BCUT2D eigenvalue weighted by molar-refractivity contribution is 0.0388. The Hall–Kier alpha value is -2.28. The zero-order valence-corrected chi connectivity index (χ0v) is 21.4. The smallest absolute Gasteiger partial charge is 0.165 e. The van der Waals surface area contributed by atoms with Gasteiger partial charge in [0.15, 0.2) is 11.5 Å². The van der Waals surface area contributed by atoms with Crippen molar-refractivity contribution < 1.29 is 19.3 Å². The van der Waals surface area contributed by atoms with E-state index in [0.29, 0.717) is 18.5 Å². The van der Waals surface area contributed by atoms with Crippen LogP contribution in [0.15, 0.2) is 42.5 Å². The molecule has 5 rings (SSSR count). The second kappa shape index (κ2) is 9.40. The van der Waals surface area contributed by atoms with Crippen molar-refractivity contribution in [2.45, 2.75) is 63.7 Å². The molecule has 6 heteroatoms. The summed E-state index contributed by atoms with van der Waals surface area (Å²) in [6.45, 7) is 8.32. The van der Waals surface area contributed by atoms with E-state index in [1.807, 2.05) is 29.5 Å². The molecule has 0 unspecified atom stereocenters. The third-order valence-electron chi connectivity index (χ3n) is 7.11. The number of benzene rings is 2. The van der Waals surface area contributed by atoms with Crippen LogP contribution in [0.2, 0.25) is 0 Å². The molecule has 3 atom stereocenters. The third-order valence-corrected chi connectivity index (χ3v) is 8.37. The van der Waals surface area contributed by atoms with Gasteiger partial charge in [0, 0.05) is 39.5 Å². The van der Waals surface area contributed by atoms with Gasteiger partial charge in [0.1, 0.15) is 24.1 Å². The minimum absolute atomic E-state index is 0.209. The second-order valence-corrected chi connectivity index (χ2v) is 11.4. The summed E-state index contributed by atoms with van der Waals surface area (Å²) in [5.41, 5.74) is 0.964. The number of ether oxygens (including phenoxy) is 3. The van der Waals surface area contributed by atoms with Gasteiger partial charge in [0.05, 0.1) is 7.11 Å². The number of hydrogen-bond acceptors (Lipinski definition) is 6. The maximum Gasteiger partial charge on any atom is 0.165 e. The molecular weight excluding hydrogens is 446 g/mol. The average molecular weight is 482 g/mol.